The zero-order valence-electron chi connectivity index (χ0n) is 7.39. The zero-order valence-corrected chi connectivity index (χ0v) is 9.73. The van der Waals surface area contributed by atoms with Crippen LogP contribution in [0.2, 0.25) is 5.02 Å². The number of halogens is 2. The van der Waals surface area contributed by atoms with Gasteiger partial charge in [-0.05, 0) is 33.6 Å². The molecule has 15 heavy (non-hydrogen) atoms. The van der Waals surface area contributed by atoms with Crippen LogP contribution in [0.4, 0.5) is 0 Å². The molecule has 0 aromatic heterocycles. The summed E-state index contributed by atoms with van der Waals surface area (Å²) in [6.07, 6.45) is -3.32. The molecule has 0 saturated carbocycles. The Morgan fingerprint density at radius 2 is 2.00 bits per heavy atom. The van der Waals surface area contributed by atoms with Crippen LogP contribution in [-0.2, 0) is 4.79 Å². The van der Waals surface area contributed by atoms with Crippen molar-refractivity contribution in [3.8, 4) is 0 Å². The van der Waals surface area contributed by atoms with Crippen LogP contribution in [-0.4, -0.2) is 27.4 Å². The van der Waals surface area contributed by atoms with E-state index < -0.39 is 18.2 Å². The molecule has 0 fully saturated rings. The first-order valence-corrected chi connectivity index (χ1v) is 5.14. The van der Waals surface area contributed by atoms with Gasteiger partial charge in [-0.15, -0.1) is 0 Å². The number of benzene rings is 1. The van der Waals surface area contributed by atoms with Gasteiger partial charge in [-0.2, -0.15) is 0 Å². The molecule has 0 saturated heterocycles. The van der Waals surface area contributed by atoms with E-state index in [4.69, 9.17) is 21.8 Å². The third-order valence-corrected chi connectivity index (χ3v) is 3.05. The summed E-state index contributed by atoms with van der Waals surface area (Å²) in [5, 5.41) is 27.5. The summed E-state index contributed by atoms with van der Waals surface area (Å²) < 4.78 is 0.526. The minimum absolute atomic E-state index is 0.279. The van der Waals surface area contributed by atoms with Crippen molar-refractivity contribution >= 4 is 33.5 Å². The largest absolute Gasteiger partial charge is 0.479 e. The van der Waals surface area contributed by atoms with Gasteiger partial charge in [0.1, 0.15) is 6.10 Å². The third kappa shape index (κ3) is 2.92. The fourth-order valence-electron chi connectivity index (χ4n) is 1.01. The van der Waals surface area contributed by atoms with Crippen LogP contribution in [0, 0.1) is 0 Å². The molecule has 2 unspecified atom stereocenters. The van der Waals surface area contributed by atoms with Crippen molar-refractivity contribution in [1.29, 1.82) is 0 Å². The number of aliphatic hydroxyl groups is 2. The highest BCUT2D eigenvalue weighted by molar-refractivity contribution is 9.10. The van der Waals surface area contributed by atoms with Gasteiger partial charge in [-0.1, -0.05) is 17.7 Å². The van der Waals surface area contributed by atoms with Gasteiger partial charge in [0.2, 0.25) is 0 Å². The molecule has 1 aromatic rings. The number of hydrogen-bond donors (Lipinski definition) is 3. The zero-order chi connectivity index (χ0) is 11.6. The monoisotopic (exact) mass is 294 g/mol. The highest BCUT2D eigenvalue weighted by Crippen LogP contribution is 2.27. The quantitative estimate of drug-likeness (QED) is 0.791. The summed E-state index contributed by atoms with van der Waals surface area (Å²) in [5.41, 5.74) is 0.279. The number of rotatable bonds is 3. The molecule has 4 nitrogen and oxygen atoms in total. The Balaban J connectivity index is 2.96. The number of carboxylic acid groups (broad SMARTS) is 1. The van der Waals surface area contributed by atoms with Gasteiger partial charge < -0.3 is 15.3 Å². The summed E-state index contributed by atoms with van der Waals surface area (Å²) >= 11 is 8.85. The molecule has 0 aliphatic carbocycles. The minimum Gasteiger partial charge on any atom is -0.479 e. The molecule has 0 bridgehead atoms. The second-order valence-corrected chi connectivity index (χ2v) is 4.16. The fraction of sp³-hybridized carbons (Fsp3) is 0.222. The average Bonchev–Trinajstić information content (AvgIpc) is 2.19. The van der Waals surface area contributed by atoms with Gasteiger partial charge in [0.05, 0.1) is 5.02 Å². The summed E-state index contributed by atoms with van der Waals surface area (Å²) in [5.74, 6) is -1.48. The molecule has 0 radical (unpaired) electrons. The lowest BCUT2D eigenvalue weighted by atomic mass is 10.0. The van der Waals surface area contributed by atoms with Gasteiger partial charge in [-0.3, -0.25) is 0 Å². The van der Waals surface area contributed by atoms with Crippen LogP contribution in [0.25, 0.3) is 0 Å². The highest BCUT2D eigenvalue weighted by atomic mass is 79.9. The van der Waals surface area contributed by atoms with Crippen molar-refractivity contribution in [2.24, 2.45) is 0 Å². The van der Waals surface area contributed by atoms with Gasteiger partial charge in [0, 0.05) is 4.47 Å². The maximum Gasteiger partial charge on any atom is 0.335 e. The molecular formula is C9H8BrClO4. The normalized spacial score (nSPS) is 14.7. The molecule has 1 aromatic carbocycles. The summed E-state index contributed by atoms with van der Waals surface area (Å²) in [6, 6.07) is 4.40. The van der Waals surface area contributed by atoms with E-state index in [1.54, 1.807) is 0 Å². The number of aliphatic carboxylic acids is 1. The summed E-state index contributed by atoms with van der Waals surface area (Å²) in [4.78, 5) is 10.4. The number of hydrogen-bond acceptors (Lipinski definition) is 3. The second kappa shape index (κ2) is 4.94. The molecule has 0 heterocycles. The van der Waals surface area contributed by atoms with Crippen LogP contribution >= 0.6 is 27.5 Å². The summed E-state index contributed by atoms with van der Waals surface area (Å²) in [6.45, 7) is 0. The van der Waals surface area contributed by atoms with Gasteiger partial charge in [0.15, 0.2) is 6.10 Å². The first-order chi connectivity index (χ1) is 6.93. The van der Waals surface area contributed by atoms with E-state index in [0.717, 1.165) is 0 Å². The van der Waals surface area contributed by atoms with E-state index in [1.165, 1.54) is 18.2 Å². The highest BCUT2D eigenvalue weighted by Gasteiger charge is 2.25. The van der Waals surface area contributed by atoms with Crippen molar-refractivity contribution in [3.05, 3.63) is 33.3 Å². The van der Waals surface area contributed by atoms with Gasteiger partial charge in [0.25, 0.3) is 0 Å². The summed E-state index contributed by atoms with van der Waals surface area (Å²) in [7, 11) is 0. The Labute approximate surface area is 99.2 Å². The van der Waals surface area contributed by atoms with Crippen molar-refractivity contribution < 1.29 is 20.1 Å². The Hall–Kier alpha value is -0.620. The number of aliphatic hydroxyl groups excluding tert-OH is 2. The first-order valence-electron chi connectivity index (χ1n) is 3.97. The predicted octanol–water partition coefficient (Wildman–Crippen LogP) is 1.58. The average molecular weight is 296 g/mol. The van der Waals surface area contributed by atoms with E-state index >= 15 is 0 Å². The molecule has 0 spiro atoms. The van der Waals surface area contributed by atoms with E-state index in [1.807, 2.05) is 0 Å². The van der Waals surface area contributed by atoms with Gasteiger partial charge in [-0.25, -0.2) is 4.79 Å². The SMILES string of the molecule is O=C(O)C(O)C(O)c1ccc(Cl)c(Br)c1. The minimum atomic E-state index is -1.85. The standard InChI is InChI=1S/C9H8BrClO4/c10-5-3-4(1-2-6(5)11)7(12)8(13)9(14)15/h1-3,7-8,12-13H,(H,14,15). The number of carbonyl (C=O) groups is 1. The Morgan fingerprint density at radius 3 is 2.47 bits per heavy atom. The van der Waals surface area contributed by atoms with Crippen molar-refractivity contribution in [2.45, 2.75) is 12.2 Å². The molecule has 0 aliphatic rings. The molecule has 2 atom stereocenters. The third-order valence-electron chi connectivity index (χ3n) is 1.84. The fourth-order valence-corrected chi connectivity index (χ4v) is 1.53. The van der Waals surface area contributed by atoms with Crippen LogP contribution in [0.3, 0.4) is 0 Å². The molecule has 1 rings (SSSR count). The van der Waals surface area contributed by atoms with Crippen LogP contribution in [0.15, 0.2) is 22.7 Å². The molecule has 82 valence electrons. The molecule has 3 N–H and O–H groups in total. The Morgan fingerprint density at radius 1 is 1.40 bits per heavy atom. The van der Waals surface area contributed by atoms with Crippen molar-refractivity contribution in [2.75, 3.05) is 0 Å². The maximum atomic E-state index is 10.4. The van der Waals surface area contributed by atoms with E-state index in [2.05, 4.69) is 15.9 Å². The van der Waals surface area contributed by atoms with E-state index in [9.17, 15) is 9.90 Å². The van der Waals surface area contributed by atoms with Crippen LogP contribution < -0.4 is 0 Å². The predicted molar refractivity (Wildman–Crippen MR) is 57.8 cm³/mol. The maximum absolute atomic E-state index is 10.4. The lowest BCUT2D eigenvalue weighted by Crippen LogP contribution is -2.27. The Bertz CT molecular complexity index is 382. The topological polar surface area (TPSA) is 77.8 Å². The van der Waals surface area contributed by atoms with Crippen LogP contribution in [0.5, 0.6) is 0 Å². The Kier molecular flexibility index (Phi) is 4.10. The van der Waals surface area contributed by atoms with Crippen molar-refractivity contribution in [3.63, 3.8) is 0 Å². The number of carboxylic acids is 1. The molecule has 0 aliphatic heterocycles. The molecule has 6 heteroatoms. The smallest absolute Gasteiger partial charge is 0.335 e. The molecular weight excluding hydrogens is 287 g/mol. The lowest BCUT2D eigenvalue weighted by Gasteiger charge is -2.14. The van der Waals surface area contributed by atoms with E-state index in [-0.39, 0.29) is 5.56 Å². The lowest BCUT2D eigenvalue weighted by molar-refractivity contribution is -0.153. The second-order valence-electron chi connectivity index (χ2n) is 2.90. The molecule has 0 amide bonds. The van der Waals surface area contributed by atoms with E-state index in [0.29, 0.717) is 9.50 Å². The van der Waals surface area contributed by atoms with Crippen LogP contribution in [0.1, 0.15) is 11.7 Å². The van der Waals surface area contributed by atoms with Crippen molar-refractivity contribution in [1.82, 2.24) is 0 Å². The van der Waals surface area contributed by atoms with Gasteiger partial charge >= 0.3 is 5.97 Å². The first kappa shape index (κ1) is 12.4.